The number of amides is 2. The minimum Gasteiger partial charge on any atom is -0.369 e. The molecule has 2 rings (SSSR count). The Morgan fingerprint density at radius 1 is 1.25 bits per heavy atom. The van der Waals surface area contributed by atoms with Gasteiger partial charge in [-0.05, 0) is 39.5 Å². The van der Waals surface area contributed by atoms with E-state index in [1.54, 1.807) is 0 Å². The van der Waals surface area contributed by atoms with Crippen molar-refractivity contribution in [1.82, 2.24) is 5.32 Å². The molecule has 0 aromatic rings. The van der Waals surface area contributed by atoms with Gasteiger partial charge in [0.25, 0.3) is 0 Å². The number of nitrogens with two attached hydrogens (primary N) is 1. The highest BCUT2D eigenvalue weighted by atomic mass is 16.6. The van der Waals surface area contributed by atoms with E-state index in [4.69, 9.17) is 10.5 Å². The molecule has 0 aromatic heterocycles. The number of ether oxygens (including phenoxy) is 1. The van der Waals surface area contributed by atoms with Crippen LogP contribution in [0.25, 0.3) is 0 Å². The summed E-state index contributed by atoms with van der Waals surface area (Å²) in [4.78, 5) is 23.5. The van der Waals surface area contributed by atoms with Gasteiger partial charge in [-0.1, -0.05) is 12.8 Å². The molecule has 3 N–H and O–H groups in total. The van der Waals surface area contributed by atoms with Crippen LogP contribution in [0.15, 0.2) is 0 Å². The normalized spacial score (nSPS) is 31.6. The fourth-order valence-electron chi connectivity index (χ4n) is 3.15. The number of hydrogen-bond donors (Lipinski definition) is 2. The number of primary amides is 1. The average molecular weight is 282 g/mol. The fraction of sp³-hybridized carbons (Fsp3) is 0.867. The molecule has 3 atom stereocenters. The second-order valence-corrected chi connectivity index (χ2v) is 6.54. The second-order valence-electron chi connectivity index (χ2n) is 6.54. The number of epoxide rings is 1. The molecule has 2 fully saturated rings. The van der Waals surface area contributed by atoms with E-state index in [0.717, 1.165) is 38.5 Å². The van der Waals surface area contributed by atoms with Gasteiger partial charge in [0, 0.05) is 18.4 Å². The summed E-state index contributed by atoms with van der Waals surface area (Å²) in [6.45, 7) is 4.81. The van der Waals surface area contributed by atoms with Gasteiger partial charge in [0.05, 0.1) is 11.7 Å². The molecule has 0 bridgehead atoms. The molecule has 5 nitrogen and oxygen atoms in total. The molecule has 0 spiro atoms. The second kappa shape index (κ2) is 6.12. The highest BCUT2D eigenvalue weighted by Crippen LogP contribution is 2.38. The minimum absolute atomic E-state index is 0.00974. The van der Waals surface area contributed by atoms with E-state index < -0.39 is 0 Å². The summed E-state index contributed by atoms with van der Waals surface area (Å²) in [7, 11) is 0. The van der Waals surface area contributed by atoms with Gasteiger partial charge < -0.3 is 15.8 Å². The van der Waals surface area contributed by atoms with Gasteiger partial charge in [-0.2, -0.15) is 0 Å². The Balaban J connectivity index is 1.69. The molecule has 1 saturated carbocycles. The van der Waals surface area contributed by atoms with Gasteiger partial charge in [0.2, 0.25) is 11.8 Å². The lowest BCUT2D eigenvalue weighted by Gasteiger charge is -2.28. The third-order valence-electron chi connectivity index (χ3n) is 4.57. The van der Waals surface area contributed by atoms with Crippen LogP contribution in [0.5, 0.6) is 0 Å². The van der Waals surface area contributed by atoms with Gasteiger partial charge in [-0.3, -0.25) is 9.59 Å². The molecule has 20 heavy (non-hydrogen) atoms. The van der Waals surface area contributed by atoms with E-state index in [-0.39, 0.29) is 29.3 Å². The van der Waals surface area contributed by atoms with E-state index >= 15 is 0 Å². The predicted molar refractivity (Wildman–Crippen MR) is 75.8 cm³/mol. The zero-order chi connectivity index (χ0) is 14.8. The van der Waals surface area contributed by atoms with Crippen LogP contribution < -0.4 is 11.1 Å². The molecular weight excluding hydrogens is 256 g/mol. The van der Waals surface area contributed by atoms with Crippen LogP contribution in [0.2, 0.25) is 0 Å². The molecule has 1 saturated heterocycles. The minimum atomic E-state index is -0.335. The molecular formula is C15H26N2O3. The van der Waals surface area contributed by atoms with Crippen molar-refractivity contribution in [2.45, 2.75) is 64.1 Å². The molecule has 1 aliphatic heterocycles. The van der Waals surface area contributed by atoms with Gasteiger partial charge in [-0.15, -0.1) is 0 Å². The molecule has 0 radical (unpaired) electrons. The Bertz CT molecular complexity index is 381. The summed E-state index contributed by atoms with van der Waals surface area (Å²) in [5.74, 6) is -0.855. The van der Waals surface area contributed by atoms with E-state index in [1.165, 1.54) is 0 Å². The maximum atomic E-state index is 12.2. The third-order valence-corrected chi connectivity index (χ3v) is 4.57. The Morgan fingerprint density at radius 2 is 1.85 bits per heavy atom. The van der Waals surface area contributed by atoms with Crippen LogP contribution in [-0.4, -0.2) is 30.1 Å². The Hall–Kier alpha value is -1.10. The lowest BCUT2D eigenvalue weighted by molar-refractivity contribution is -0.134. The van der Waals surface area contributed by atoms with Crippen LogP contribution in [0.4, 0.5) is 0 Å². The first-order chi connectivity index (χ1) is 9.42. The molecule has 0 aromatic carbocycles. The first-order valence-corrected chi connectivity index (χ1v) is 7.66. The number of hydrogen-bond acceptors (Lipinski definition) is 3. The highest BCUT2D eigenvalue weighted by Gasteiger charge is 2.46. The van der Waals surface area contributed by atoms with Crippen molar-refractivity contribution >= 4 is 11.8 Å². The van der Waals surface area contributed by atoms with Crippen molar-refractivity contribution in [2.75, 3.05) is 6.54 Å². The van der Waals surface area contributed by atoms with Crippen molar-refractivity contribution in [3.63, 3.8) is 0 Å². The molecule has 2 amide bonds. The summed E-state index contributed by atoms with van der Waals surface area (Å²) in [5, 5.41) is 2.95. The molecule has 1 heterocycles. The van der Waals surface area contributed by atoms with Crippen molar-refractivity contribution in [3.8, 4) is 0 Å². The fourth-order valence-corrected chi connectivity index (χ4v) is 3.15. The van der Waals surface area contributed by atoms with Crippen LogP contribution >= 0.6 is 0 Å². The quantitative estimate of drug-likeness (QED) is 0.569. The maximum absolute atomic E-state index is 12.2. The average Bonchev–Trinajstić information content (AvgIpc) is 3.02. The van der Waals surface area contributed by atoms with Gasteiger partial charge in [0.1, 0.15) is 0 Å². The highest BCUT2D eigenvalue weighted by molar-refractivity contribution is 5.87. The summed E-state index contributed by atoms with van der Waals surface area (Å²) in [5.41, 5.74) is 5.41. The van der Waals surface area contributed by atoms with Gasteiger partial charge >= 0.3 is 0 Å². The predicted octanol–water partition coefficient (Wildman–Crippen LogP) is 1.35. The summed E-state index contributed by atoms with van der Waals surface area (Å²) in [6, 6.07) is 0. The van der Waals surface area contributed by atoms with E-state index in [1.807, 2.05) is 0 Å². The molecule has 3 unspecified atom stereocenters. The monoisotopic (exact) mass is 282 g/mol. The number of carbonyl (C=O) groups is 2. The number of nitrogens with one attached hydrogen (secondary N) is 1. The van der Waals surface area contributed by atoms with Crippen LogP contribution in [0, 0.1) is 11.8 Å². The zero-order valence-corrected chi connectivity index (χ0v) is 12.5. The molecule has 114 valence electrons. The number of carbonyl (C=O) groups excluding carboxylic acids is 2. The van der Waals surface area contributed by atoms with Crippen LogP contribution in [0.1, 0.15) is 52.4 Å². The summed E-state index contributed by atoms with van der Waals surface area (Å²) >= 11 is 0. The largest absolute Gasteiger partial charge is 0.369 e. The van der Waals surface area contributed by atoms with Crippen LogP contribution in [-0.2, 0) is 14.3 Å². The van der Waals surface area contributed by atoms with Crippen molar-refractivity contribution in [2.24, 2.45) is 17.6 Å². The van der Waals surface area contributed by atoms with Gasteiger partial charge in [-0.25, -0.2) is 0 Å². The molecule has 1 aliphatic carbocycles. The third kappa shape index (κ3) is 3.72. The van der Waals surface area contributed by atoms with Crippen LogP contribution in [0.3, 0.4) is 0 Å². The topological polar surface area (TPSA) is 84.7 Å². The zero-order valence-electron chi connectivity index (χ0n) is 12.5. The molecule has 2 aliphatic rings. The Labute approximate surface area is 120 Å². The van der Waals surface area contributed by atoms with Crippen molar-refractivity contribution in [1.29, 1.82) is 0 Å². The van der Waals surface area contributed by atoms with E-state index in [2.05, 4.69) is 19.2 Å². The van der Waals surface area contributed by atoms with Crippen molar-refractivity contribution < 1.29 is 14.3 Å². The first kappa shape index (κ1) is 15.3. The van der Waals surface area contributed by atoms with E-state index in [9.17, 15) is 9.59 Å². The Morgan fingerprint density at radius 3 is 2.40 bits per heavy atom. The SMILES string of the molecule is CC1(C)OC1CCCNC(=O)C1CCCCC1C(N)=O. The smallest absolute Gasteiger partial charge is 0.223 e. The molecule has 5 heteroatoms. The Kier molecular flexibility index (Phi) is 4.68. The standard InChI is InChI=1S/C15H26N2O3/c1-15(2)12(20-15)8-5-9-17-14(19)11-7-4-3-6-10(11)13(16)18/h10-12H,3-9H2,1-2H3,(H2,16,18)(H,17,19). The lowest BCUT2D eigenvalue weighted by Crippen LogP contribution is -2.42. The maximum Gasteiger partial charge on any atom is 0.223 e. The number of rotatable bonds is 6. The summed E-state index contributed by atoms with van der Waals surface area (Å²) in [6.07, 6.45) is 5.73. The van der Waals surface area contributed by atoms with Gasteiger partial charge in [0.15, 0.2) is 0 Å². The van der Waals surface area contributed by atoms with Crippen molar-refractivity contribution in [3.05, 3.63) is 0 Å². The van der Waals surface area contributed by atoms with E-state index in [0.29, 0.717) is 12.6 Å². The summed E-state index contributed by atoms with van der Waals surface area (Å²) < 4.78 is 5.50. The first-order valence-electron chi connectivity index (χ1n) is 7.66. The lowest BCUT2D eigenvalue weighted by atomic mass is 9.78.